The maximum Gasteiger partial charge on any atom is 0.322 e. The van der Waals surface area contributed by atoms with Crippen molar-refractivity contribution in [3.05, 3.63) is 0 Å². The Bertz CT molecular complexity index is 224. The van der Waals surface area contributed by atoms with Crippen LogP contribution in [0.25, 0.3) is 0 Å². The highest BCUT2D eigenvalue weighted by molar-refractivity contribution is 5.73. The van der Waals surface area contributed by atoms with Gasteiger partial charge in [0.25, 0.3) is 0 Å². The summed E-state index contributed by atoms with van der Waals surface area (Å²) < 4.78 is 0. The van der Waals surface area contributed by atoms with Gasteiger partial charge in [-0.05, 0) is 31.6 Å². The van der Waals surface area contributed by atoms with Crippen LogP contribution in [0.1, 0.15) is 25.7 Å². The molecule has 0 saturated heterocycles. The molecule has 2 aliphatic rings. The third-order valence-electron chi connectivity index (χ3n) is 3.09. The van der Waals surface area contributed by atoms with E-state index in [9.17, 15) is 4.79 Å². The molecule has 0 bridgehead atoms. The average molecular weight is 198 g/mol. The minimum Gasteiger partial charge on any atom is -0.480 e. The van der Waals surface area contributed by atoms with Crippen LogP contribution >= 0.6 is 0 Å². The summed E-state index contributed by atoms with van der Waals surface area (Å²) in [7, 11) is 0. The molecule has 3 N–H and O–H groups in total. The van der Waals surface area contributed by atoms with E-state index in [-0.39, 0.29) is 6.54 Å². The average Bonchev–Trinajstić information content (AvgIpc) is 3.00. The molecule has 80 valence electrons. The molecular weight excluding hydrogens is 180 g/mol. The Morgan fingerprint density at radius 2 is 2.07 bits per heavy atom. The predicted octanol–water partition coefficient (Wildman–Crippen LogP) is 0.273. The number of carboxylic acid groups (broad SMARTS) is 1. The summed E-state index contributed by atoms with van der Waals surface area (Å²) in [6, 6.07) is 0.0448. The standard InChI is InChI=1S/C10H18N2O2/c11-5-9(10(13)14)12(8-3-4-8)6-7-1-2-7/h7-9H,1-6,11H2,(H,13,14). The topological polar surface area (TPSA) is 66.6 Å². The Balaban J connectivity index is 1.95. The lowest BCUT2D eigenvalue weighted by Crippen LogP contribution is -2.48. The molecule has 0 aliphatic heterocycles. The second-order valence-corrected chi connectivity index (χ2v) is 4.46. The summed E-state index contributed by atoms with van der Waals surface area (Å²) in [6.45, 7) is 1.18. The Kier molecular flexibility index (Phi) is 2.74. The Morgan fingerprint density at radius 1 is 1.43 bits per heavy atom. The van der Waals surface area contributed by atoms with Gasteiger partial charge in [0.1, 0.15) is 6.04 Å². The molecule has 2 saturated carbocycles. The highest BCUT2D eigenvalue weighted by atomic mass is 16.4. The second-order valence-electron chi connectivity index (χ2n) is 4.46. The van der Waals surface area contributed by atoms with E-state index in [1.165, 1.54) is 12.8 Å². The highest BCUT2D eigenvalue weighted by Crippen LogP contribution is 2.35. The van der Waals surface area contributed by atoms with E-state index in [1.807, 2.05) is 0 Å². The minimum absolute atomic E-state index is 0.235. The lowest BCUT2D eigenvalue weighted by atomic mass is 10.2. The SMILES string of the molecule is NCC(C(=O)O)N(CC1CC1)C1CC1. The number of carboxylic acids is 1. The number of nitrogens with zero attached hydrogens (tertiary/aromatic N) is 1. The van der Waals surface area contributed by atoms with Gasteiger partial charge >= 0.3 is 5.97 Å². The molecule has 0 aromatic carbocycles. The van der Waals surface area contributed by atoms with Crippen molar-refractivity contribution in [2.24, 2.45) is 11.7 Å². The molecule has 1 unspecified atom stereocenters. The summed E-state index contributed by atoms with van der Waals surface area (Å²) in [5.74, 6) is -0.0240. The molecule has 0 radical (unpaired) electrons. The van der Waals surface area contributed by atoms with Crippen LogP contribution in [-0.4, -0.2) is 41.1 Å². The van der Waals surface area contributed by atoms with Crippen LogP contribution in [0.2, 0.25) is 0 Å². The van der Waals surface area contributed by atoms with Crippen LogP contribution in [0.5, 0.6) is 0 Å². The van der Waals surface area contributed by atoms with E-state index < -0.39 is 12.0 Å². The first-order valence-corrected chi connectivity index (χ1v) is 5.41. The van der Waals surface area contributed by atoms with E-state index in [2.05, 4.69) is 4.90 Å². The van der Waals surface area contributed by atoms with Gasteiger partial charge in [-0.25, -0.2) is 0 Å². The van der Waals surface area contributed by atoms with Crippen molar-refractivity contribution in [1.29, 1.82) is 0 Å². The second kappa shape index (κ2) is 3.87. The maximum atomic E-state index is 11.0. The summed E-state index contributed by atoms with van der Waals surface area (Å²) in [5, 5.41) is 9.03. The van der Waals surface area contributed by atoms with Crippen LogP contribution in [0, 0.1) is 5.92 Å². The highest BCUT2D eigenvalue weighted by Gasteiger charge is 2.39. The van der Waals surface area contributed by atoms with Crippen molar-refractivity contribution in [3.8, 4) is 0 Å². The van der Waals surface area contributed by atoms with Crippen LogP contribution in [0.4, 0.5) is 0 Å². The zero-order valence-corrected chi connectivity index (χ0v) is 8.35. The predicted molar refractivity (Wildman–Crippen MR) is 52.9 cm³/mol. The fourth-order valence-electron chi connectivity index (χ4n) is 1.91. The third kappa shape index (κ3) is 2.25. The number of hydrogen-bond donors (Lipinski definition) is 2. The molecule has 0 heterocycles. The molecule has 14 heavy (non-hydrogen) atoms. The number of carbonyl (C=O) groups is 1. The number of rotatable bonds is 6. The first kappa shape index (κ1) is 9.93. The summed E-state index contributed by atoms with van der Waals surface area (Å²) >= 11 is 0. The monoisotopic (exact) mass is 198 g/mol. The largest absolute Gasteiger partial charge is 0.480 e. The van der Waals surface area contributed by atoms with Crippen LogP contribution in [0.3, 0.4) is 0 Å². The quantitative estimate of drug-likeness (QED) is 0.643. The first-order valence-electron chi connectivity index (χ1n) is 5.41. The fourth-order valence-corrected chi connectivity index (χ4v) is 1.91. The molecule has 0 amide bonds. The van der Waals surface area contributed by atoms with Gasteiger partial charge in [0, 0.05) is 19.1 Å². The molecule has 0 aromatic heterocycles. The smallest absolute Gasteiger partial charge is 0.322 e. The van der Waals surface area contributed by atoms with Crippen LogP contribution < -0.4 is 5.73 Å². The fraction of sp³-hybridized carbons (Fsp3) is 0.900. The van der Waals surface area contributed by atoms with Crippen molar-refractivity contribution >= 4 is 5.97 Å². The summed E-state index contributed by atoms with van der Waals surface area (Å²) in [6.07, 6.45) is 4.83. The molecular formula is C10H18N2O2. The lowest BCUT2D eigenvalue weighted by Gasteiger charge is -2.27. The van der Waals surface area contributed by atoms with E-state index in [1.54, 1.807) is 0 Å². The summed E-state index contributed by atoms with van der Waals surface area (Å²) in [5.41, 5.74) is 5.51. The molecule has 1 atom stereocenters. The van der Waals surface area contributed by atoms with Crippen molar-refractivity contribution in [3.63, 3.8) is 0 Å². The van der Waals surface area contributed by atoms with Crippen LogP contribution in [-0.2, 0) is 4.79 Å². The number of aliphatic carboxylic acids is 1. The zero-order chi connectivity index (χ0) is 10.1. The van der Waals surface area contributed by atoms with Gasteiger partial charge < -0.3 is 10.8 Å². The lowest BCUT2D eigenvalue weighted by molar-refractivity contribution is -0.143. The molecule has 4 nitrogen and oxygen atoms in total. The molecule has 0 aromatic rings. The Hall–Kier alpha value is -0.610. The van der Waals surface area contributed by atoms with Crippen molar-refractivity contribution in [2.45, 2.75) is 37.8 Å². The van der Waals surface area contributed by atoms with Gasteiger partial charge in [-0.15, -0.1) is 0 Å². The molecule has 2 aliphatic carbocycles. The maximum absolute atomic E-state index is 11.0. The Morgan fingerprint density at radius 3 is 2.43 bits per heavy atom. The summed E-state index contributed by atoms with van der Waals surface area (Å²) in [4.78, 5) is 13.1. The molecule has 0 spiro atoms. The van der Waals surface area contributed by atoms with E-state index in [4.69, 9.17) is 10.8 Å². The van der Waals surface area contributed by atoms with Gasteiger partial charge in [0.15, 0.2) is 0 Å². The zero-order valence-electron chi connectivity index (χ0n) is 8.35. The van der Waals surface area contributed by atoms with Crippen molar-refractivity contribution in [1.82, 2.24) is 4.90 Å². The first-order chi connectivity index (χ1) is 6.72. The van der Waals surface area contributed by atoms with Gasteiger partial charge in [-0.1, -0.05) is 0 Å². The normalized spacial score (nSPS) is 23.9. The van der Waals surface area contributed by atoms with Crippen LogP contribution in [0.15, 0.2) is 0 Å². The van der Waals surface area contributed by atoms with E-state index >= 15 is 0 Å². The van der Waals surface area contributed by atoms with Crippen molar-refractivity contribution < 1.29 is 9.90 Å². The number of nitrogens with two attached hydrogens (primary N) is 1. The molecule has 4 heteroatoms. The van der Waals surface area contributed by atoms with Gasteiger partial charge in [-0.3, -0.25) is 9.69 Å². The minimum atomic E-state index is -0.764. The van der Waals surface area contributed by atoms with Gasteiger partial charge in [0.05, 0.1) is 0 Å². The van der Waals surface area contributed by atoms with Gasteiger partial charge in [-0.2, -0.15) is 0 Å². The molecule has 2 fully saturated rings. The molecule has 2 rings (SSSR count). The Labute approximate surface area is 84.1 Å². The van der Waals surface area contributed by atoms with E-state index in [0.29, 0.717) is 6.04 Å². The van der Waals surface area contributed by atoms with E-state index in [0.717, 1.165) is 25.3 Å². The third-order valence-corrected chi connectivity index (χ3v) is 3.09. The van der Waals surface area contributed by atoms with Crippen molar-refractivity contribution in [2.75, 3.05) is 13.1 Å². The van der Waals surface area contributed by atoms with Gasteiger partial charge in [0.2, 0.25) is 0 Å². The number of hydrogen-bond acceptors (Lipinski definition) is 3.